The standard InChI is InChI=1S/C19H20N8/c1-14-17(21-18-20-10-5-11-26(14)18)15-8-12-25(13-9-15)19-22-23-24-27(19)16-6-3-2-4-7-16/h2-7,10-11,15H,8-9,12-13H2,1H3. The topological polar surface area (TPSA) is 77.0 Å². The van der Waals surface area contributed by atoms with Crippen molar-refractivity contribution < 1.29 is 0 Å². The number of piperidine rings is 1. The van der Waals surface area contributed by atoms with E-state index >= 15 is 0 Å². The lowest BCUT2D eigenvalue weighted by Crippen LogP contribution is -2.35. The van der Waals surface area contributed by atoms with Crippen molar-refractivity contribution in [3.8, 4) is 5.69 Å². The van der Waals surface area contributed by atoms with Gasteiger partial charge in [-0.25, -0.2) is 9.97 Å². The molecule has 4 heterocycles. The second-order valence-corrected chi connectivity index (χ2v) is 6.86. The van der Waals surface area contributed by atoms with E-state index in [4.69, 9.17) is 4.98 Å². The number of imidazole rings is 1. The van der Waals surface area contributed by atoms with Gasteiger partial charge in [0.15, 0.2) is 0 Å². The molecule has 4 aromatic rings. The molecule has 1 aliphatic rings. The molecule has 1 saturated heterocycles. The van der Waals surface area contributed by atoms with Gasteiger partial charge in [-0.1, -0.05) is 23.3 Å². The third kappa shape index (κ3) is 2.73. The lowest BCUT2D eigenvalue weighted by Gasteiger charge is -2.31. The predicted molar refractivity (Wildman–Crippen MR) is 101 cm³/mol. The summed E-state index contributed by atoms with van der Waals surface area (Å²) in [6.45, 7) is 3.93. The number of tetrazole rings is 1. The minimum atomic E-state index is 0.434. The van der Waals surface area contributed by atoms with E-state index in [9.17, 15) is 0 Å². The average molecular weight is 360 g/mol. The fraction of sp³-hybridized carbons (Fsp3) is 0.316. The summed E-state index contributed by atoms with van der Waals surface area (Å²) >= 11 is 0. The highest BCUT2D eigenvalue weighted by atomic mass is 15.6. The summed E-state index contributed by atoms with van der Waals surface area (Å²) in [5.41, 5.74) is 3.32. The van der Waals surface area contributed by atoms with Gasteiger partial charge in [0.05, 0.1) is 11.4 Å². The highest BCUT2D eigenvalue weighted by Gasteiger charge is 2.27. The van der Waals surface area contributed by atoms with Gasteiger partial charge in [-0.05, 0) is 48.4 Å². The minimum Gasteiger partial charge on any atom is -0.339 e. The summed E-state index contributed by atoms with van der Waals surface area (Å²) in [4.78, 5) is 11.4. The molecule has 5 rings (SSSR count). The van der Waals surface area contributed by atoms with Gasteiger partial charge in [0.1, 0.15) is 0 Å². The quantitative estimate of drug-likeness (QED) is 0.558. The molecule has 0 aliphatic carbocycles. The summed E-state index contributed by atoms with van der Waals surface area (Å²) in [7, 11) is 0. The number of benzene rings is 1. The van der Waals surface area contributed by atoms with Crippen molar-refractivity contribution in [1.82, 2.24) is 34.6 Å². The van der Waals surface area contributed by atoms with E-state index in [0.717, 1.165) is 49.0 Å². The molecule has 0 atom stereocenters. The first-order valence-corrected chi connectivity index (χ1v) is 9.19. The highest BCUT2D eigenvalue weighted by molar-refractivity contribution is 5.42. The largest absolute Gasteiger partial charge is 0.339 e. The van der Waals surface area contributed by atoms with Crippen LogP contribution in [-0.2, 0) is 0 Å². The zero-order valence-electron chi connectivity index (χ0n) is 15.1. The highest BCUT2D eigenvalue weighted by Crippen LogP contribution is 2.31. The first-order chi connectivity index (χ1) is 13.3. The molecule has 0 saturated carbocycles. The van der Waals surface area contributed by atoms with Gasteiger partial charge < -0.3 is 4.90 Å². The van der Waals surface area contributed by atoms with Crippen molar-refractivity contribution in [2.75, 3.05) is 18.0 Å². The Morgan fingerprint density at radius 2 is 1.85 bits per heavy atom. The van der Waals surface area contributed by atoms with Gasteiger partial charge in [-0.15, -0.1) is 0 Å². The fourth-order valence-corrected chi connectivity index (χ4v) is 3.88. The van der Waals surface area contributed by atoms with Gasteiger partial charge in [-0.3, -0.25) is 4.40 Å². The molecule has 0 radical (unpaired) electrons. The van der Waals surface area contributed by atoms with Gasteiger partial charge >= 0.3 is 0 Å². The van der Waals surface area contributed by atoms with Crippen LogP contribution >= 0.6 is 0 Å². The number of aromatic nitrogens is 7. The summed E-state index contributed by atoms with van der Waals surface area (Å²) in [5, 5.41) is 12.3. The summed E-state index contributed by atoms with van der Waals surface area (Å²) in [6, 6.07) is 11.9. The molecule has 27 heavy (non-hydrogen) atoms. The Kier molecular flexibility index (Phi) is 3.81. The number of rotatable bonds is 3. The molecular weight excluding hydrogens is 340 g/mol. The summed E-state index contributed by atoms with van der Waals surface area (Å²) in [5.74, 6) is 2.01. The van der Waals surface area contributed by atoms with E-state index < -0.39 is 0 Å². The van der Waals surface area contributed by atoms with E-state index in [1.54, 1.807) is 10.9 Å². The summed E-state index contributed by atoms with van der Waals surface area (Å²) < 4.78 is 3.87. The smallest absolute Gasteiger partial charge is 0.250 e. The molecule has 136 valence electrons. The maximum absolute atomic E-state index is 4.78. The molecular formula is C19H20N8. The maximum atomic E-state index is 4.78. The Hall–Kier alpha value is -3.29. The second kappa shape index (κ2) is 6.46. The zero-order chi connectivity index (χ0) is 18.2. The van der Waals surface area contributed by atoms with E-state index in [-0.39, 0.29) is 0 Å². The third-order valence-electron chi connectivity index (χ3n) is 5.30. The molecule has 3 aromatic heterocycles. The number of nitrogens with zero attached hydrogens (tertiary/aromatic N) is 8. The molecule has 0 bridgehead atoms. The number of hydrogen-bond acceptors (Lipinski definition) is 6. The molecule has 8 heteroatoms. The molecule has 8 nitrogen and oxygen atoms in total. The third-order valence-corrected chi connectivity index (χ3v) is 5.30. The molecule has 1 aliphatic heterocycles. The summed E-state index contributed by atoms with van der Waals surface area (Å²) in [6.07, 6.45) is 5.85. The Morgan fingerprint density at radius 3 is 2.63 bits per heavy atom. The van der Waals surface area contributed by atoms with Crippen LogP contribution in [0.25, 0.3) is 11.5 Å². The van der Waals surface area contributed by atoms with Crippen LogP contribution in [0.5, 0.6) is 0 Å². The van der Waals surface area contributed by atoms with Crippen LogP contribution in [-0.4, -0.2) is 47.7 Å². The number of fused-ring (bicyclic) bond motifs is 1. The molecule has 0 unspecified atom stereocenters. The van der Waals surface area contributed by atoms with Crippen LogP contribution < -0.4 is 4.90 Å². The number of anilines is 1. The first-order valence-electron chi connectivity index (χ1n) is 9.19. The predicted octanol–water partition coefficient (Wildman–Crippen LogP) is 2.40. The van der Waals surface area contributed by atoms with Crippen molar-refractivity contribution >= 4 is 11.7 Å². The van der Waals surface area contributed by atoms with Gasteiger partial charge in [-0.2, -0.15) is 4.68 Å². The molecule has 0 spiro atoms. The maximum Gasteiger partial charge on any atom is 0.250 e. The van der Waals surface area contributed by atoms with E-state index in [1.807, 2.05) is 42.6 Å². The van der Waals surface area contributed by atoms with Crippen LogP contribution in [0.15, 0.2) is 48.8 Å². The van der Waals surface area contributed by atoms with E-state index in [0.29, 0.717) is 5.92 Å². The van der Waals surface area contributed by atoms with Crippen molar-refractivity contribution in [2.45, 2.75) is 25.7 Å². The Balaban J connectivity index is 1.37. The Morgan fingerprint density at radius 1 is 1.04 bits per heavy atom. The first kappa shape index (κ1) is 15.9. The van der Waals surface area contributed by atoms with Gasteiger partial charge in [0.25, 0.3) is 0 Å². The Labute approximate surface area is 156 Å². The molecule has 1 aromatic carbocycles. The van der Waals surface area contributed by atoms with Gasteiger partial charge in [0, 0.05) is 37.1 Å². The minimum absolute atomic E-state index is 0.434. The van der Waals surface area contributed by atoms with Crippen molar-refractivity contribution in [3.63, 3.8) is 0 Å². The number of hydrogen-bond donors (Lipinski definition) is 0. The van der Waals surface area contributed by atoms with Crippen molar-refractivity contribution in [2.24, 2.45) is 0 Å². The lowest BCUT2D eigenvalue weighted by atomic mass is 9.92. The normalized spacial score (nSPS) is 15.5. The molecule has 0 N–H and O–H groups in total. The Bertz CT molecular complexity index is 1060. The number of aryl methyl sites for hydroxylation is 1. The molecule has 0 amide bonds. The van der Waals surface area contributed by atoms with Crippen LogP contribution in [0, 0.1) is 6.92 Å². The van der Waals surface area contributed by atoms with Crippen LogP contribution in [0.2, 0.25) is 0 Å². The number of para-hydroxylation sites is 1. The fourth-order valence-electron chi connectivity index (χ4n) is 3.88. The van der Waals surface area contributed by atoms with Crippen LogP contribution in [0.1, 0.15) is 30.1 Å². The lowest BCUT2D eigenvalue weighted by molar-refractivity contribution is 0.488. The van der Waals surface area contributed by atoms with Crippen LogP contribution in [0.3, 0.4) is 0 Å². The second-order valence-electron chi connectivity index (χ2n) is 6.86. The SMILES string of the molecule is Cc1c(C2CCN(c3nnnn3-c3ccccc3)CC2)nc2ncccn12. The van der Waals surface area contributed by atoms with Crippen molar-refractivity contribution in [3.05, 3.63) is 60.2 Å². The zero-order valence-corrected chi connectivity index (χ0v) is 15.1. The van der Waals surface area contributed by atoms with E-state index in [2.05, 4.69) is 36.7 Å². The molecule has 1 fully saturated rings. The van der Waals surface area contributed by atoms with Crippen molar-refractivity contribution in [1.29, 1.82) is 0 Å². The average Bonchev–Trinajstić information content (AvgIpc) is 3.34. The van der Waals surface area contributed by atoms with E-state index in [1.165, 1.54) is 5.69 Å². The monoisotopic (exact) mass is 360 g/mol. The van der Waals surface area contributed by atoms with Gasteiger partial charge in [0.2, 0.25) is 11.7 Å². The van der Waals surface area contributed by atoms with Crippen LogP contribution in [0.4, 0.5) is 5.95 Å².